The predicted octanol–water partition coefficient (Wildman–Crippen LogP) is 1.93. The Balaban J connectivity index is 2.30. The van der Waals surface area contributed by atoms with E-state index < -0.39 is 89.8 Å². The van der Waals surface area contributed by atoms with Crippen LogP contribution in [0, 0.1) is 20.2 Å². The third-order valence-electron chi connectivity index (χ3n) is 5.56. The molecule has 0 bridgehead atoms. The highest BCUT2D eigenvalue weighted by Crippen LogP contribution is 2.30. The van der Waals surface area contributed by atoms with E-state index in [0.29, 0.717) is 0 Å². The maximum absolute atomic E-state index is 13.1. The molecule has 50 heavy (non-hydrogen) atoms. The molecule has 2 aromatic rings. The van der Waals surface area contributed by atoms with Crippen LogP contribution in [0.15, 0.2) is 42.5 Å². The number of carbonyl (C=O) groups excluding carboxylic acids is 5. The van der Waals surface area contributed by atoms with Gasteiger partial charge in [-0.2, -0.15) is 0 Å². The molecule has 2 aromatic carbocycles. The van der Waals surface area contributed by atoms with Crippen molar-refractivity contribution in [3.05, 3.63) is 73.8 Å². The number of nitrogens with one attached hydrogen (secondary N) is 1. The molecule has 272 valence electrons. The first-order valence-electron chi connectivity index (χ1n) is 14.2. The van der Waals surface area contributed by atoms with E-state index in [0.717, 1.165) is 32.0 Å². The van der Waals surface area contributed by atoms with Crippen LogP contribution in [0.1, 0.15) is 55.3 Å². The molecule has 0 aliphatic carbocycles. The molecule has 21 nitrogen and oxygen atoms in total. The summed E-state index contributed by atoms with van der Waals surface area (Å²) in [7, 11) is 0. The Morgan fingerprint density at radius 1 is 0.880 bits per heavy atom. The molecule has 2 rings (SSSR count). The van der Waals surface area contributed by atoms with Crippen molar-refractivity contribution in [2.75, 3.05) is 20.0 Å². The lowest BCUT2D eigenvalue weighted by atomic mass is 10.1. The number of para-hydroxylation sites is 1. The highest BCUT2D eigenvalue weighted by atomic mass is 17.0. The highest BCUT2D eigenvalue weighted by Gasteiger charge is 2.31. The number of amides is 1. The van der Waals surface area contributed by atoms with Gasteiger partial charge in [0.1, 0.15) is 30.1 Å². The van der Waals surface area contributed by atoms with Crippen LogP contribution in [0.4, 0.5) is 4.79 Å². The van der Waals surface area contributed by atoms with Crippen molar-refractivity contribution in [3.8, 4) is 17.2 Å². The fourth-order valence-electron chi connectivity index (χ4n) is 3.55. The predicted molar refractivity (Wildman–Crippen MR) is 161 cm³/mol. The summed E-state index contributed by atoms with van der Waals surface area (Å²) in [5, 5.41) is 31.2. The number of alkyl carbamates (subject to hydrolysis) is 1. The van der Waals surface area contributed by atoms with Gasteiger partial charge >= 0.3 is 30.0 Å². The average Bonchev–Trinajstić information content (AvgIpc) is 3.00. The Labute approximate surface area is 282 Å². The maximum Gasteiger partial charge on any atom is 0.408 e. The Hall–Kier alpha value is -6.25. The molecule has 3 unspecified atom stereocenters. The normalized spacial score (nSPS) is 12.5. The van der Waals surface area contributed by atoms with Gasteiger partial charge in [0.25, 0.3) is 10.2 Å². The zero-order chi connectivity index (χ0) is 37.6. The first-order chi connectivity index (χ1) is 23.4. The summed E-state index contributed by atoms with van der Waals surface area (Å²) in [6.45, 7) is 4.25. The Kier molecular flexibility index (Phi) is 14.6. The van der Waals surface area contributed by atoms with Crippen LogP contribution in [0.2, 0.25) is 0 Å². The van der Waals surface area contributed by atoms with Crippen molar-refractivity contribution in [2.45, 2.75) is 58.5 Å². The fraction of sp³-hybridized carbons (Fsp3) is 0.414. The second-order valence-electron chi connectivity index (χ2n) is 10.8. The number of ether oxygens (including phenoxy) is 6. The molecule has 0 saturated heterocycles. The number of nitrogens with zero attached hydrogens (tertiary/aromatic N) is 2. The fourth-order valence-corrected chi connectivity index (χ4v) is 3.55. The second kappa shape index (κ2) is 18.3. The van der Waals surface area contributed by atoms with E-state index >= 15 is 0 Å². The molecular formula is C29H33N3O18. The van der Waals surface area contributed by atoms with Crippen molar-refractivity contribution >= 4 is 30.0 Å². The van der Waals surface area contributed by atoms with Crippen LogP contribution in [-0.2, 0) is 33.5 Å². The lowest BCUT2D eigenvalue weighted by molar-refractivity contribution is -0.790. The van der Waals surface area contributed by atoms with Gasteiger partial charge in [0, 0.05) is 6.92 Å². The molecule has 0 saturated carbocycles. The summed E-state index contributed by atoms with van der Waals surface area (Å²) in [5.41, 5.74) is -1.46. The monoisotopic (exact) mass is 711 g/mol. The van der Waals surface area contributed by atoms with Gasteiger partial charge in [-0.05, 0) is 58.0 Å². The van der Waals surface area contributed by atoms with Crippen molar-refractivity contribution in [2.24, 2.45) is 0 Å². The van der Waals surface area contributed by atoms with E-state index in [1.54, 1.807) is 20.8 Å². The minimum absolute atomic E-state index is 0.106. The smallest absolute Gasteiger partial charge is 0.408 e. The highest BCUT2D eigenvalue weighted by molar-refractivity contribution is 5.94. The number of aliphatic hydroxyl groups is 1. The number of esters is 4. The lowest BCUT2D eigenvalue weighted by Gasteiger charge is -2.24. The van der Waals surface area contributed by atoms with Gasteiger partial charge in [-0.3, -0.25) is 4.79 Å². The topological polar surface area (TPSA) is 278 Å². The van der Waals surface area contributed by atoms with Crippen LogP contribution >= 0.6 is 0 Å². The van der Waals surface area contributed by atoms with Gasteiger partial charge in [-0.25, -0.2) is 19.2 Å². The first-order valence-corrected chi connectivity index (χ1v) is 14.2. The number of carbonyl (C=O) groups is 5. The molecule has 0 fully saturated rings. The molecule has 0 aliphatic rings. The molecular weight excluding hydrogens is 678 g/mol. The molecule has 0 spiro atoms. The van der Waals surface area contributed by atoms with Gasteiger partial charge in [0.2, 0.25) is 6.79 Å². The summed E-state index contributed by atoms with van der Waals surface area (Å²) >= 11 is 0. The maximum atomic E-state index is 13.1. The summed E-state index contributed by atoms with van der Waals surface area (Å²) < 4.78 is 30.7. The summed E-state index contributed by atoms with van der Waals surface area (Å²) in [4.78, 5) is 91.9. The molecule has 1 amide bonds. The number of rotatable bonds is 17. The van der Waals surface area contributed by atoms with Gasteiger partial charge < -0.3 is 48.5 Å². The average molecular weight is 712 g/mol. The van der Waals surface area contributed by atoms with Gasteiger partial charge in [0.15, 0.2) is 23.6 Å². The van der Waals surface area contributed by atoms with E-state index in [4.69, 9.17) is 28.4 Å². The zero-order valence-electron chi connectivity index (χ0n) is 27.2. The van der Waals surface area contributed by atoms with Crippen LogP contribution in [0.5, 0.6) is 17.2 Å². The van der Waals surface area contributed by atoms with Crippen LogP contribution in [-0.4, -0.2) is 89.1 Å². The Morgan fingerprint density at radius 3 is 2.14 bits per heavy atom. The van der Waals surface area contributed by atoms with Crippen LogP contribution < -0.4 is 19.5 Å². The van der Waals surface area contributed by atoms with Crippen molar-refractivity contribution < 1.29 is 77.3 Å². The Morgan fingerprint density at radius 2 is 1.54 bits per heavy atom. The number of aliphatic hydroxyl groups excluding tert-OH is 1. The van der Waals surface area contributed by atoms with E-state index in [1.165, 1.54) is 24.3 Å². The lowest BCUT2D eigenvalue weighted by Crippen LogP contribution is -2.50. The molecule has 3 atom stereocenters. The molecule has 0 heterocycles. The third kappa shape index (κ3) is 13.9. The van der Waals surface area contributed by atoms with Gasteiger partial charge in [-0.1, -0.05) is 12.1 Å². The van der Waals surface area contributed by atoms with E-state index in [-0.39, 0.29) is 22.6 Å². The summed E-state index contributed by atoms with van der Waals surface area (Å²) in [5.74, 6) is -5.20. The molecule has 0 radical (unpaired) electrons. The molecule has 2 N–H and O–H groups in total. The van der Waals surface area contributed by atoms with Gasteiger partial charge in [0.05, 0.1) is 11.7 Å². The molecule has 21 heteroatoms. The van der Waals surface area contributed by atoms with Crippen molar-refractivity contribution in [1.29, 1.82) is 0 Å². The number of benzene rings is 2. The van der Waals surface area contributed by atoms with E-state index in [1.807, 2.05) is 0 Å². The number of hydrogen-bond donors (Lipinski definition) is 2. The molecule has 0 aliphatic heterocycles. The summed E-state index contributed by atoms with van der Waals surface area (Å²) in [6.07, 6.45) is -4.31. The van der Waals surface area contributed by atoms with E-state index in [9.17, 15) is 49.3 Å². The SMILES string of the molecule is CC(=O)Oc1ccccc1C(=O)OCOC(=O)c1ccc(OCC(CO[N+](=O)[O-])O[N+](=O)[O-])c(OC(=O)C(NC(=O)OC(C)(C)C)C(C)O)c1. The Bertz CT molecular complexity index is 1570. The minimum Gasteiger partial charge on any atom is -0.487 e. The van der Waals surface area contributed by atoms with Crippen molar-refractivity contribution in [1.82, 2.24) is 5.32 Å². The third-order valence-corrected chi connectivity index (χ3v) is 5.56. The number of hydrogen-bond acceptors (Lipinski definition) is 18. The second-order valence-corrected chi connectivity index (χ2v) is 10.8. The largest absolute Gasteiger partial charge is 0.487 e. The van der Waals surface area contributed by atoms with Crippen LogP contribution in [0.25, 0.3) is 0 Å². The van der Waals surface area contributed by atoms with E-state index in [2.05, 4.69) is 15.0 Å². The first kappa shape index (κ1) is 39.9. The zero-order valence-corrected chi connectivity index (χ0v) is 27.2. The molecule has 0 aromatic heterocycles. The quantitative estimate of drug-likeness (QED) is 0.0779. The van der Waals surface area contributed by atoms with Crippen molar-refractivity contribution in [3.63, 3.8) is 0 Å². The summed E-state index contributed by atoms with van der Waals surface area (Å²) in [6, 6.07) is 6.88. The van der Waals surface area contributed by atoms with Crippen LogP contribution in [0.3, 0.4) is 0 Å². The minimum atomic E-state index is -1.73. The van der Waals surface area contributed by atoms with Gasteiger partial charge in [-0.15, -0.1) is 20.2 Å². The standard InChI is InChI=1S/C29H33N3O18/c1-16(33)24(30-28(38)49-29(3,4)5)27(37)48-23-12-18(10-11-22(23)43-13-19(50-32(41)42)14-46-31(39)40)25(35)44-15-45-26(36)20-8-6-7-9-21(20)47-17(2)34/h6-12,16,19,24,33H,13-15H2,1-5H3,(H,30,38).